The van der Waals surface area contributed by atoms with Gasteiger partial charge in [-0.1, -0.05) is 23.7 Å². The van der Waals surface area contributed by atoms with E-state index >= 15 is 0 Å². The molecule has 12 nitrogen and oxygen atoms in total. The van der Waals surface area contributed by atoms with E-state index in [4.69, 9.17) is 31.2 Å². The van der Waals surface area contributed by atoms with Crippen LogP contribution < -0.4 is 21.5 Å². The third kappa shape index (κ3) is 6.10. The fraction of sp³-hybridized carbons (Fsp3) is 0.240. The van der Waals surface area contributed by atoms with Crippen molar-refractivity contribution in [1.29, 1.82) is 0 Å². The minimum Gasteiger partial charge on any atom is -0.475 e. The molecule has 0 amide bonds. The number of H-pyrrole nitrogens is 1. The number of carboxylic acid groups (broad SMARTS) is 1. The molecule has 0 saturated carbocycles. The minimum atomic E-state index is -5.08. The Morgan fingerprint density at radius 2 is 1.63 bits per heavy atom. The highest BCUT2D eigenvalue weighted by Gasteiger charge is 2.38. The van der Waals surface area contributed by atoms with Crippen LogP contribution in [0, 0.1) is 0 Å². The number of methoxy groups -OCH3 is 1. The number of halogens is 4. The van der Waals surface area contributed by atoms with E-state index in [0.29, 0.717) is 41.0 Å². The first-order valence-corrected chi connectivity index (χ1v) is 12.3. The maximum Gasteiger partial charge on any atom is 0.490 e. The second-order valence-electron chi connectivity index (χ2n) is 8.54. The fourth-order valence-corrected chi connectivity index (χ4v) is 4.33. The largest absolute Gasteiger partial charge is 0.490 e. The van der Waals surface area contributed by atoms with Crippen LogP contribution in [-0.4, -0.2) is 75.6 Å². The first-order valence-electron chi connectivity index (χ1n) is 11.9. The number of para-hydroxylation sites is 1. The number of hydrogen-bond donors (Lipinski definition) is 3. The molecular weight excluding hydrogens is 573 g/mol. The Bertz CT molecular complexity index is 1710. The van der Waals surface area contributed by atoms with E-state index in [-0.39, 0.29) is 11.2 Å². The number of nitrogens with one attached hydrogen (secondary N) is 2. The summed E-state index contributed by atoms with van der Waals surface area (Å²) in [7, 11) is 1.30. The number of benzene rings is 2. The van der Waals surface area contributed by atoms with Crippen molar-refractivity contribution in [3.8, 4) is 11.4 Å². The fourth-order valence-electron chi connectivity index (χ4n) is 4.11. The minimum absolute atomic E-state index is 0.188. The van der Waals surface area contributed by atoms with Crippen LogP contribution in [0.5, 0.6) is 0 Å². The van der Waals surface area contributed by atoms with Crippen LogP contribution in [0.2, 0.25) is 5.02 Å². The maximum absolute atomic E-state index is 13.1. The third-order valence-electron chi connectivity index (χ3n) is 5.97. The van der Waals surface area contributed by atoms with Crippen molar-refractivity contribution in [3.63, 3.8) is 0 Å². The summed E-state index contributed by atoms with van der Waals surface area (Å²) in [4.78, 5) is 56.0. The smallest absolute Gasteiger partial charge is 0.475 e. The van der Waals surface area contributed by atoms with Crippen LogP contribution >= 0.6 is 11.6 Å². The molecule has 1 aliphatic heterocycles. The number of carbonyl (C=O) groups is 2. The zero-order valence-corrected chi connectivity index (χ0v) is 22.0. The summed E-state index contributed by atoms with van der Waals surface area (Å²) >= 11 is 6.52. The predicted octanol–water partition coefficient (Wildman–Crippen LogP) is 2.35. The van der Waals surface area contributed by atoms with Crippen molar-refractivity contribution in [2.75, 3.05) is 38.2 Å². The molecule has 4 aromatic rings. The van der Waals surface area contributed by atoms with Crippen LogP contribution in [0.4, 0.5) is 19.1 Å². The zero-order valence-electron chi connectivity index (χ0n) is 21.2. The Morgan fingerprint density at radius 3 is 2.20 bits per heavy atom. The lowest BCUT2D eigenvalue weighted by molar-refractivity contribution is -0.192. The quantitative estimate of drug-likeness (QED) is 0.302. The first-order chi connectivity index (χ1) is 19.4. The molecule has 216 valence electrons. The lowest BCUT2D eigenvalue weighted by atomic mass is 10.2. The van der Waals surface area contributed by atoms with Gasteiger partial charge in [-0.15, -0.1) is 0 Å². The van der Waals surface area contributed by atoms with Crippen LogP contribution in [-0.2, 0) is 9.53 Å². The van der Waals surface area contributed by atoms with Crippen molar-refractivity contribution < 1.29 is 32.6 Å². The van der Waals surface area contributed by atoms with Gasteiger partial charge in [0, 0.05) is 26.2 Å². The Morgan fingerprint density at radius 1 is 1.02 bits per heavy atom. The van der Waals surface area contributed by atoms with E-state index in [1.807, 2.05) is 6.07 Å². The molecule has 0 radical (unpaired) electrons. The molecule has 0 unspecified atom stereocenters. The highest BCUT2D eigenvalue weighted by Crippen LogP contribution is 2.30. The molecule has 2 aromatic heterocycles. The Hall–Kier alpha value is -4.63. The van der Waals surface area contributed by atoms with Gasteiger partial charge in [-0.3, -0.25) is 14.3 Å². The number of piperazine rings is 1. The number of fused-ring (bicyclic) bond motifs is 1. The van der Waals surface area contributed by atoms with Gasteiger partial charge in [0.05, 0.1) is 29.1 Å². The van der Waals surface area contributed by atoms with Crippen LogP contribution in [0.1, 0.15) is 10.4 Å². The van der Waals surface area contributed by atoms with Crippen LogP contribution in [0.3, 0.4) is 0 Å². The molecule has 3 N–H and O–H groups in total. The van der Waals surface area contributed by atoms with Gasteiger partial charge in [0.2, 0.25) is 5.95 Å². The highest BCUT2D eigenvalue weighted by atomic mass is 35.5. The second-order valence-corrected chi connectivity index (χ2v) is 8.95. The number of hydrogen-bond acceptors (Lipinski definition) is 8. The average molecular weight is 595 g/mol. The summed E-state index contributed by atoms with van der Waals surface area (Å²) in [5, 5.41) is 10.9. The summed E-state index contributed by atoms with van der Waals surface area (Å²) in [6, 6.07) is 13.5. The summed E-state index contributed by atoms with van der Waals surface area (Å²) in [5.41, 5.74) is 0.524. The third-order valence-corrected chi connectivity index (χ3v) is 6.29. The van der Waals surface area contributed by atoms with Crippen molar-refractivity contribution in [2.45, 2.75) is 6.18 Å². The predicted molar refractivity (Wildman–Crippen MR) is 142 cm³/mol. The molecule has 2 aromatic carbocycles. The molecule has 16 heteroatoms. The molecule has 41 heavy (non-hydrogen) atoms. The lowest BCUT2D eigenvalue weighted by Gasteiger charge is -2.28. The number of carbonyl (C=O) groups excluding carboxylic acids is 1. The Kier molecular flexibility index (Phi) is 8.49. The zero-order chi connectivity index (χ0) is 29.9. The number of alkyl halides is 3. The van der Waals surface area contributed by atoms with Crippen LogP contribution in [0.25, 0.3) is 22.5 Å². The monoisotopic (exact) mass is 594 g/mol. The van der Waals surface area contributed by atoms with E-state index in [9.17, 15) is 27.6 Å². The van der Waals surface area contributed by atoms with Gasteiger partial charge >= 0.3 is 23.8 Å². The number of aromatic nitrogens is 4. The van der Waals surface area contributed by atoms with Crippen molar-refractivity contribution >= 4 is 40.7 Å². The molecular formula is C25H22ClF3N6O6. The van der Waals surface area contributed by atoms with E-state index in [0.717, 1.165) is 13.1 Å². The highest BCUT2D eigenvalue weighted by molar-refractivity contribution is 6.32. The standard InChI is InChI=1S/C23H21ClN6O4.C2HF3O2/c1-34-21(32)14-6-8-15(9-7-14)29-19-18(20(31)27-23(29)33)30(17-5-3-2-4-16(17)24)22(26-19)28-12-10-25-11-13-28;3-2(4,5)1(6)7/h2-9,25H,10-13H2,1H3,(H,27,31,33);(H,6,7). The summed E-state index contributed by atoms with van der Waals surface area (Å²) in [6.45, 7) is 2.85. The van der Waals surface area contributed by atoms with Gasteiger partial charge in [0.15, 0.2) is 11.2 Å². The van der Waals surface area contributed by atoms with Gasteiger partial charge in [-0.05, 0) is 36.4 Å². The van der Waals surface area contributed by atoms with E-state index < -0.39 is 29.4 Å². The van der Waals surface area contributed by atoms with E-state index in [2.05, 4.69) is 15.2 Å². The molecule has 5 rings (SSSR count). The second kappa shape index (κ2) is 11.9. The van der Waals surface area contributed by atoms with Gasteiger partial charge in [-0.2, -0.15) is 18.2 Å². The van der Waals surface area contributed by atoms with Crippen LogP contribution in [0.15, 0.2) is 58.1 Å². The van der Waals surface area contributed by atoms with Gasteiger partial charge in [-0.25, -0.2) is 19.0 Å². The SMILES string of the molecule is COC(=O)c1ccc(-n2c(=O)[nH]c(=O)c3c2nc(N2CCNCC2)n3-c2ccccc2Cl)cc1.O=C(O)C(F)(F)F. The Balaban J connectivity index is 0.000000493. The molecule has 3 heterocycles. The lowest BCUT2D eigenvalue weighted by Crippen LogP contribution is -2.44. The number of nitrogens with zero attached hydrogens (tertiary/aromatic N) is 4. The van der Waals surface area contributed by atoms with Crippen molar-refractivity contribution in [3.05, 3.63) is 80.0 Å². The molecule has 1 fully saturated rings. The number of esters is 1. The average Bonchev–Trinajstić information content (AvgIpc) is 3.34. The van der Waals surface area contributed by atoms with E-state index in [1.54, 1.807) is 47.0 Å². The van der Waals surface area contributed by atoms with E-state index in [1.165, 1.54) is 11.7 Å². The number of carboxylic acids is 1. The summed E-state index contributed by atoms with van der Waals surface area (Å²) in [6.07, 6.45) is -5.08. The number of aromatic amines is 1. The number of ether oxygens (including phenoxy) is 1. The Labute approximate surface area is 233 Å². The number of imidazole rings is 1. The number of rotatable bonds is 4. The number of aliphatic carboxylic acids is 1. The van der Waals surface area contributed by atoms with Crippen molar-refractivity contribution in [1.82, 2.24) is 24.4 Å². The first kappa shape index (κ1) is 29.4. The molecule has 0 aliphatic carbocycles. The molecule has 0 spiro atoms. The molecule has 1 aliphatic rings. The molecule has 0 bridgehead atoms. The topological polar surface area (TPSA) is 152 Å². The van der Waals surface area contributed by atoms with Gasteiger partial charge < -0.3 is 20.1 Å². The molecule has 1 saturated heterocycles. The number of anilines is 1. The summed E-state index contributed by atoms with van der Waals surface area (Å²) in [5.74, 6) is -2.73. The van der Waals surface area contributed by atoms with Gasteiger partial charge in [0.1, 0.15) is 0 Å². The summed E-state index contributed by atoms with van der Waals surface area (Å²) < 4.78 is 39.5. The van der Waals surface area contributed by atoms with Crippen molar-refractivity contribution in [2.24, 2.45) is 0 Å². The normalized spacial score (nSPS) is 13.4. The molecule has 0 atom stereocenters. The van der Waals surface area contributed by atoms with Gasteiger partial charge in [0.25, 0.3) is 5.56 Å². The maximum atomic E-state index is 13.1.